The number of nitrogens with zero attached hydrogens (tertiary/aromatic N) is 6. The van der Waals surface area contributed by atoms with Crippen molar-refractivity contribution < 1.29 is 55.3 Å². The van der Waals surface area contributed by atoms with E-state index >= 15 is 0 Å². The summed E-state index contributed by atoms with van der Waals surface area (Å²) < 4.78 is 76.6. The van der Waals surface area contributed by atoms with Crippen molar-refractivity contribution in [3.05, 3.63) is 119 Å². The normalized spacial score (nSPS) is 13.9. The zero-order valence-corrected chi connectivity index (χ0v) is 34.3. The minimum absolute atomic E-state index is 0.00712. The fraction of sp³-hybridized carbons (Fsp3) is 0.100. The minimum Gasteiger partial charge on any atom is -0.507 e. The minimum atomic E-state index is -5.07. The molecule has 1 aliphatic carbocycles. The Morgan fingerprint density at radius 1 is 0.688 bits per heavy atom. The molecule has 326 valence electrons. The molecule has 1 aliphatic heterocycles. The van der Waals surface area contributed by atoms with Gasteiger partial charge in [0.15, 0.2) is 11.6 Å². The summed E-state index contributed by atoms with van der Waals surface area (Å²) in [4.78, 5) is 52.4. The zero-order chi connectivity index (χ0) is 45.5. The number of aromatic nitrogens is 3. The lowest BCUT2D eigenvalue weighted by Crippen LogP contribution is -2.37. The Balaban J connectivity index is 1.11. The van der Waals surface area contributed by atoms with E-state index in [2.05, 4.69) is 41.1 Å². The van der Waals surface area contributed by atoms with E-state index in [0.717, 1.165) is 12.1 Å². The number of aromatic hydroxyl groups is 1. The number of ketones is 2. The first kappa shape index (κ1) is 42.8. The van der Waals surface area contributed by atoms with Gasteiger partial charge in [0.05, 0.1) is 52.8 Å². The lowest BCUT2D eigenvalue weighted by molar-refractivity contribution is 0.0693. The Labute approximate surface area is 362 Å². The van der Waals surface area contributed by atoms with Gasteiger partial charge in [-0.05, 0) is 66.7 Å². The van der Waals surface area contributed by atoms with Crippen molar-refractivity contribution >= 4 is 95.4 Å². The second-order valence-electron chi connectivity index (χ2n) is 14.0. The molecule has 0 saturated carbocycles. The lowest BCUT2D eigenvalue weighted by Gasteiger charge is -2.27. The molecule has 6 aromatic rings. The topological polar surface area (TPSA) is 338 Å². The predicted molar refractivity (Wildman–Crippen MR) is 229 cm³/mol. The third-order valence-electron chi connectivity index (χ3n) is 9.80. The molecular formula is C40H32N10O12S2. The standard InChI is InChI=1S/C40H32N10O12S2/c41-34-31(64(59,60)61)19-28(32-33(34)36(53)25-4-2-1-3-24(25)35(32)52)42-22-9-11-27(30(18-22)63(56,57)58)44-39-45-38(46-40(47-39)50-13-15-62-16-14-50)43-20-5-7-21(8-6-20)48-49-23-10-12-29(51)26(17-23)37(54)55/h1-12,17-19,42,51H,13-16,41H2,(H,54,55)(H,56,57,58)(H,59,60,61)(H2,43,44,45,46,47). The van der Waals surface area contributed by atoms with Crippen molar-refractivity contribution in [2.45, 2.75) is 9.79 Å². The highest BCUT2D eigenvalue weighted by Gasteiger charge is 2.36. The highest BCUT2D eigenvalue weighted by Crippen LogP contribution is 2.41. The summed E-state index contributed by atoms with van der Waals surface area (Å²) >= 11 is 0. The fourth-order valence-electron chi connectivity index (χ4n) is 6.79. The molecule has 0 spiro atoms. The van der Waals surface area contributed by atoms with Gasteiger partial charge in [0.1, 0.15) is 21.1 Å². The maximum Gasteiger partial charge on any atom is 0.339 e. The number of carboxylic acids is 1. The quantitative estimate of drug-likeness (QED) is 0.0419. The highest BCUT2D eigenvalue weighted by molar-refractivity contribution is 7.86. The van der Waals surface area contributed by atoms with Crippen LogP contribution >= 0.6 is 0 Å². The molecule has 22 nitrogen and oxygen atoms in total. The zero-order valence-electron chi connectivity index (χ0n) is 32.6. The van der Waals surface area contributed by atoms with Crippen molar-refractivity contribution in [1.29, 1.82) is 0 Å². The SMILES string of the molecule is Nc1c(S(=O)(=O)O)cc(Nc2ccc(Nc3nc(Nc4ccc(N=Nc5ccc(O)c(C(=O)O)c5)cc4)nc(N4CCOCC4)n3)c(S(=O)(=O)O)c2)c2c1C(=O)c1ccccc1C2=O. The maximum absolute atomic E-state index is 13.8. The van der Waals surface area contributed by atoms with Crippen LogP contribution in [-0.4, -0.2) is 94.9 Å². The second kappa shape index (κ2) is 16.8. The third kappa shape index (κ3) is 8.74. The highest BCUT2D eigenvalue weighted by atomic mass is 32.2. The van der Waals surface area contributed by atoms with Crippen LogP contribution in [0, 0.1) is 0 Å². The number of carbonyl (C=O) groups is 3. The number of hydrogen-bond acceptors (Lipinski definition) is 19. The largest absolute Gasteiger partial charge is 0.507 e. The van der Waals surface area contributed by atoms with Gasteiger partial charge in [0.25, 0.3) is 20.2 Å². The fourth-order valence-corrected chi connectivity index (χ4v) is 8.11. The Kier molecular flexibility index (Phi) is 11.2. The van der Waals surface area contributed by atoms with Crippen LogP contribution in [0.4, 0.5) is 57.7 Å². The molecule has 1 fully saturated rings. The summed E-state index contributed by atoms with van der Waals surface area (Å²) in [7, 11) is -10.1. The van der Waals surface area contributed by atoms with Crippen molar-refractivity contribution in [2.24, 2.45) is 10.2 Å². The summed E-state index contributed by atoms with van der Waals surface area (Å²) in [6.45, 7) is 1.54. The van der Waals surface area contributed by atoms with E-state index in [1.165, 1.54) is 54.6 Å². The molecule has 0 atom stereocenters. The third-order valence-corrected chi connectivity index (χ3v) is 11.6. The molecule has 0 bridgehead atoms. The summed E-state index contributed by atoms with van der Waals surface area (Å²) in [6.07, 6.45) is 0. The van der Waals surface area contributed by atoms with Crippen LogP contribution in [0.15, 0.2) is 111 Å². The van der Waals surface area contributed by atoms with Gasteiger partial charge in [-0.1, -0.05) is 24.3 Å². The van der Waals surface area contributed by atoms with Gasteiger partial charge in [-0.25, -0.2) is 4.79 Å². The van der Waals surface area contributed by atoms with E-state index in [0.29, 0.717) is 37.7 Å². The van der Waals surface area contributed by atoms with E-state index in [1.54, 1.807) is 29.2 Å². The van der Waals surface area contributed by atoms with E-state index in [-0.39, 0.29) is 62.8 Å². The molecular weight excluding hydrogens is 877 g/mol. The number of benzene rings is 5. The molecule has 0 unspecified atom stereocenters. The van der Waals surface area contributed by atoms with E-state index in [4.69, 9.17) is 10.5 Å². The molecule has 8 rings (SSSR count). The van der Waals surface area contributed by atoms with E-state index in [9.17, 15) is 50.5 Å². The van der Waals surface area contributed by atoms with Crippen LogP contribution in [0.5, 0.6) is 5.75 Å². The molecule has 24 heteroatoms. The summed E-state index contributed by atoms with van der Waals surface area (Å²) in [5, 5.41) is 35.8. The number of nitrogen functional groups attached to an aromatic ring is 1. The number of morpholine rings is 1. The van der Waals surface area contributed by atoms with Crippen LogP contribution < -0.4 is 26.6 Å². The second-order valence-corrected chi connectivity index (χ2v) is 16.7. The maximum atomic E-state index is 13.8. The summed E-state index contributed by atoms with van der Waals surface area (Å²) in [6, 6.07) is 20.3. The number of anilines is 8. The predicted octanol–water partition coefficient (Wildman–Crippen LogP) is 5.61. The number of fused-ring (bicyclic) bond motifs is 2. The number of aromatic carboxylic acids is 1. The number of ether oxygens (including phenoxy) is 1. The van der Waals surface area contributed by atoms with Crippen molar-refractivity contribution in [1.82, 2.24) is 15.0 Å². The number of nitrogens with one attached hydrogen (secondary N) is 3. The monoisotopic (exact) mass is 908 g/mol. The molecule has 1 aromatic heterocycles. The molecule has 0 radical (unpaired) electrons. The molecule has 0 amide bonds. The van der Waals surface area contributed by atoms with Crippen LogP contribution in [0.3, 0.4) is 0 Å². The lowest BCUT2D eigenvalue weighted by atomic mass is 9.82. The molecule has 1 saturated heterocycles. The first-order chi connectivity index (χ1) is 30.4. The Morgan fingerprint density at radius 2 is 1.28 bits per heavy atom. The van der Waals surface area contributed by atoms with Gasteiger partial charge in [-0.3, -0.25) is 18.7 Å². The van der Waals surface area contributed by atoms with Crippen LogP contribution in [0.25, 0.3) is 0 Å². The Morgan fingerprint density at radius 3 is 1.92 bits per heavy atom. The van der Waals surface area contributed by atoms with Gasteiger partial charge in [0.2, 0.25) is 17.8 Å². The molecule has 9 N–H and O–H groups in total. The van der Waals surface area contributed by atoms with Gasteiger partial charge in [-0.2, -0.15) is 42.0 Å². The average Bonchev–Trinajstić information content (AvgIpc) is 3.26. The number of carbonyl (C=O) groups excluding carboxylic acids is 2. The molecule has 2 heterocycles. The number of hydrogen-bond donors (Lipinski definition) is 8. The Hall–Kier alpha value is -7.90. The van der Waals surface area contributed by atoms with E-state index < -0.39 is 64.6 Å². The van der Waals surface area contributed by atoms with Gasteiger partial charge < -0.3 is 41.5 Å². The van der Waals surface area contributed by atoms with Crippen molar-refractivity contribution in [3.8, 4) is 5.75 Å². The molecule has 5 aromatic carbocycles. The number of nitrogens with two attached hydrogens (primary N) is 1. The first-order valence-corrected chi connectivity index (χ1v) is 21.5. The number of carboxylic acid groups (broad SMARTS) is 1. The summed E-state index contributed by atoms with van der Waals surface area (Å²) in [5.41, 5.74) is 4.58. The average molecular weight is 909 g/mol. The summed E-state index contributed by atoms with van der Waals surface area (Å²) in [5.74, 6) is -3.23. The van der Waals surface area contributed by atoms with Crippen molar-refractivity contribution in [3.63, 3.8) is 0 Å². The number of azo groups is 1. The van der Waals surface area contributed by atoms with Gasteiger partial charge in [-0.15, -0.1) is 0 Å². The Bertz CT molecular complexity index is 3180. The van der Waals surface area contributed by atoms with E-state index in [1.807, 2.05) is 0 Å². The smallest absolute Gasteiger partial charge is 0.339 e. The van der Waals surface area contributed by atoms with Crippen LogP contribution in [0.1, 0.15) is 42.2 Å². The molecule has 64 heavy (non-hydrogen) atoms. The van der Waals surface area contributed by atoms with Gasteiger partial charge in [0, 0.05) is 35.6 Å². The number of rotatable bonds is 12. The first-order valence-electron chi connectivity index (χ1n) is 18.7. The van der Waals surface area contributed by atoms with Crippen LogP contribution in [-0.2, 0) is 25.0 Å². The van der Waals surface area contributed by atoms with Gasteiger partial charge >= 0.3 is 5.97 Å². The molecule has 2 aliphatic rings. The number of phenols is 1. The van der Waals surface area contributed by atoms with Crippen LogP contribution in [0.2, 0.25) is 0 Å². The van der Waals surface area contributed by atoms with Crippen molar-refractivity contribution in [2.75, 3.05) is 52.9 Å².